The number of carbonyl (C=O) groups excluding carboxylic acids is 7. The molecule has 4 aromatic rings. The second-order valence-electron chi connectivity index (χ2n) is 18.3. The molecule has 70 heavy (non-hydrogen) atoms. The van der Waals surface area contributed by atoms with Gasteiger partial charge in [0.05, 0.1) is 17.1 Å². The third-order valence-electron chi connectivity index (χ3n) is 13.3. The van der Waals surface area contributed by atoms with Crippen LogP contribution in [0.3, 0.4) is 0 Å². The number of carbonyl (C=O) groups is 8. The lowest BCUT2D eigenvalue weighted by Crippen LogP contribution is -2.60. The van der Waals surface area contributed by atoms with E-state index in [9.17, 15) is 38.4 Å². The molecule has 3 aliphatic rings. The minimum Gasteiger partial charge on any atom is -0.481 e. The average Bonchev–Trinajstić information content (AvgIpc) is 3.86. The number of amides is 7. The molecular weight excluding hydrogens is 899 g/mol. The van der Waals surface area contributed by atoms with E-state index in [1.54, 1.807) is 16.5 Å². The number of nitrogens with one attached hydrogen (secondary N) is 3. The number of aryl methyl sites for hydroxylation is 2. The third kappa shape index (κ3) is 13.3. The Kier molecular flexibility index (Phi) is 18.2. The molecule has 8 N–H and O–H groups in total. The van der Waals surface area contributed by atoms with Crippen molar-refractivity contribution in [1.29, 1.82) is 0 Å². The summed E-state index contributed by atoms with van der Waals surface area (Å²) in [5, 5.41) is 15.6. The van der Waals surface area contributed by atoms with Gasteiger partial charge >= 0.3 is 5.69 Å². The molecule has 3 aromatic carbocycles. The Bertz CT molecular complexity index is 2550. The number of fused-ring (bicyclic) bond motifs is 2. The second-order valence-corrected chi connectivity index (χ2v) is 18.3. The van der Waals surface area contributed by atoms with Gasteiger partial charge in [-0.3, -0.25) is 52.8 Å². The molecule has 1 unspecified atom stereocenters. The van der Waals surface area contributed by atoms with Gasteiger partial charge in [0.1, 0.15) is 24.2 Å². The van der Waals surface area contributed by atoms with Crippen molar-refractivity contribution in [3.63, 3.8) is 0 Å². The highest BCUT2D eigenvalue weighted by atomic mass is 16.4. The summed E-state index contributed by atoms with van der Waals surface area (Å²) in [5.74, 6) is -3.73. The van der Waals surface area contributed by atoms with E-state index in [-0.39, 0.29) is 55.8 Å². The van der Waals surface area contributed by atoms with Gasteiger partial charge in [-0.1, -0.05) is 86.0 Å². The van der Waals surface area contributed by atoms with E-state index in [1.165, 1.54) is 9.47 Å². The molecule has 374 valence electrons. The molecule has 0 saturated carbocycles. The maximum atomic E-state index is 14.0. The predicted octanol–water partition coefficient (Wildman–Crippen LogP) is 2.87. The van der Waals surface area contributed by atoms with Crippen molar-refractivity contribution in [2.45, 2.75) is 133 Å². The van der Waals surface area contributed by atoms with Crippen LogP contribution in [0.2, 0.25) is 0 Å². The number of primary amides is 1. The highest BCUT2D eigenvalue weighted by molar-refractivity contribution is 6.00. The van der Waals surface area contributed by atoms with Crippen LogP contribution in [0.15, 0.2) is 83.7 Å². The number of nitrogens with zero attached hydrogens (tertiary/aromatic N) is 4. The quantitative estimate of drug-likeness (QED) is 0.0623. The van der Waals surface area contributed by atoms with E-state index in [4.69, 9.17) is 21.4 Å². The van der Waals surface area contributed by atoms with Gasteiger partial charge < -0.3 is 37.0 Å². The number of unbranched alkanes of at least 4 members (excludes halogenated alkanes) is 4. The molecule has 5 atom stereocenters. The summed E-state index contributed by atoms with van der Waals surface area (Å²) in [7, 11) is 1.68. The molecule has 0 aliphatic carbocycles. The molecule has 0 bridgehead atoms. The van der Waals surface area contributed by atoms with Gasteiger partial charge in [-0.05, 0) is 80.2 Å². The predicted molar refractivity (Wildman–Crippen MR) is 259 cm³/mol. The number of aliphatic carboxylic acids is 1. The number of carboxylic acid groups (broad SMARTS) is 1. The lowest BCUT2D eigenvalue weighted by molar-refractivity contribution is -0.145. The molecule has 7 rings (SSSR count). The molecule has 7 amide bonds. The molecule has 19 nitrogen and oxygen atoms in total. The number of aromatic nitrogens is 2. The van der Waals surface area contributed by atoms with Crippen LogP contribution in [0.5, 0.6) is 0 Å². The van der Waals surface area contributed by atoms with Crippen molar-refractivity contribution in [1.82, 2.24) is 34.9 Å². The van der Waals surface area contributed by atoms with Crippen LogP contribution in [-0.2, 0) is 51.8 Å². The van der Waals surface area contributed by atoms with Crippen LogP contribution in [-0.4, -0.2) is 109 Å². The smallest absolute Gasteiger partial charge is 0.329 e. The first-order valence-electron chi connectivity index (χ1n) is 24.1. The second kappa shape index (κ2) is 24.4. The van der Waals surface area contributed by atoms with Crippen molar-refractivity contribution in [3.05, 3.63) is 106 Å². The molecule has 4 heterocycles. The Morgan fingerprint density at radius 2 is 1.44 bits per heavy atom. The number of carboxylic acids is 1. The topological polar surface area (TPSA) is 278 Å². The van der Waals surface area contributed by atoms with Gasteiger partial charge in [-0.25, -0.2) is 4.79 Å². The number of hydrogen-bond donors (Lipinski definition) is 6. The fraction of sp³-hybridized carbons (Fsp3) is 0.471. The van der Waals surface area contributed by atoms with Gasteiger partial charge in [-0.2, -0.15) is 0 Å². The van der Waals surface area contributed by atoms with E-state index in [0.717, 1.165) is 61.2 Å². The number of hydrogen-bond acceptors (Lipinski definition) is 10. The molecule has 0 spiro atoms. The largest absolute Gasteiger partial charge is 0.481 e. The summed E-state index contributed by atoms with van der Waals surface area (Å²) in [6, 6.07) is 20.1. The van der Waals surface area contributed by atoms with Gasteiger partial charge in [-0.15, -0.1) is 0 Å². The standard InChI is InChI=1S/C49H61N9O8.C2H4O2/c1-55-40-29-31(19-22-37(40)58(49(55)66)39-24-26-42(60)53-47(39)64)13-7-3-2-4-12-18-43(61)56-28-27-34-20-23-38(57(34)48(65)35(50)30-56)46(63)52-36(21-25-41(51)59)45(62)54-44(32-14-8-5-9-15-32)33-16-10-6-11-17-33;1-2(3)4/h5-6,8-11,14-17,19,22,29,34-36,38-39,44H,2-4,7,12-13,18,20-21,23-28,30,50H2,1H3,(H2,51,59)(H,52,63)(H,54,62)(H,53,60,64);1H3,(H,3,4)/t34-,35+,36+,38+,39?;/m1./s1. The summed E-state index contributed by atoms with van der Waals surface area (Å²) in [4.78, 5) is 117. The molecule has 3 saturated heterocycles. The van der Waals surface area contributed by atoms with Crippen molar-refractivity contribution < 1.29 is 43.5 Å². The van der Waals surface area contributed by atoms with Crippen LogP contribution in [0, 0.1) is 0 Å². The lowest BCUT2D eigenvalue weighted by atomic mass is 9.98. The van der Waals surface area contributed by atoms with Gasteiger partial charge in [0, 0.05) is 52.4 Å². The Morgan fingerprint density at radius 1 is 0.800 bits per heavy atom. The van der Waals surface area contributed by atoms with Crippen molar-refractivity contribution in [3.8, 4) is 0 Å². The normalized spacial score (nSPS) is 19.6. The van der Waals surface area contributed by atoms with Crippen LogP contribution >= 0.6 is 0 Å². The maximum Gasteiger partial charge on any atom is 0.329 e. The van der Waals surface area contributed by atoms with Crippen molar-refractivity contribution in [2.75, 3.05) is 13.1 Å². The summed E-state index contributed by atoms with van der Waals surface area (Å²) in [6.07, 6.45) is 7.17. The van der Waals surface area contributed by atoms with Crippen LogP contribution in [0.4, 0.5) is 0 Å². The fourth-order valence-electron chi connectivity index (χ4n) is 9.69. The number of imidazole rings is 1. The Balaban J connectivity index is 0.00000193. The summed E-state index contributed by atoms with van der Waals surface area (Å²) < 4.78 is 3.02. The molecule has 3 aliphatic heterocycles. The van der Waals surface area contributed by atoms with Crippen molar-refractivity contribution >= 4 is 58.4 Å². The highest BCUT2D eigenvalue weighted by Gasteiger charge is 2.45. The summed E-state index contributed by atoms with van der Waals surface area (Å²) in [5.41, 5.74) is 15.8. The average molecular weight is 964 g/mol. The monoisotopic (exact) mass is 963 g/mol. The number of imide groups is 1. The van der Waals surface area contributed by atoms with E-state index in [1.807, 2.05) is 78.9 Å². The first-order chi connectivity index (χ1) is 33.5. The summed E-state index contributed by atoms with van der Waals surface area (Å²) >= 11 is 0. The number of piperidine rings is 1. The molecule has 1 aromatic heterocycles. The lowest BCUT2D eigenvalue weighted by Gasteiger charge is -2.37. The SMILES string of the molecule is CC(=O)O.Cn1c(=O)n(C2CCC(=O)NC2=O)c2ccc(CCCCCCCC(=O)N3CC[C@H]4CC[C@@H](C(=O)N[C@@H](CCC(N)=O)C(=O)NC(c5ccccc5)c5ccccc5)N4C(=O)[C@@H](N)C3)cc21. The first-order valence-corrected chi connectivity index (χ1v) is 24.1. The zero-order valence-corrected chi connectivity index (χ0v) is 39.8. The number of nitrogens with two attached hydrogens (primary N) is 2. The molecule has 0 radical (unpaired) electrons. The minimum absolute atomic E-state index is 0.0306. The van der Waals surface area contributed by atoms with Gasteiger partial charge in [0.25, 0.3) is 5.97 Å². The van der Waals surface area contributed by atoms with Crippen LogP contribution in [0.1, 0.15) is 119 Å². The maximum absolute atomic E-state index is 14.0. The van der Waals surface area contributed by atoms with E-state index < -0.39 is 65.7 Å². The zero-order valence-electron chi connectivity index (χ0n) is 39.8. The Labute approximate surface area is 406 Å². The first kappa shape index (κ1) is 52.2. The Hall–Kier alpha value is -7.15. The van der Waals surface area contributed by atoms with Crippen LogP contribution < -0.4 is 33.1 Å². The zero-order chi connectivity index (χ0) is 50.5. The van der Waals surface area contributed by atoms with E-state index >= 15 is 0 Å². The number of benzene rings is 3. The molecular formula is C51H65N9O10. The summed E-state index contributed by atoms with van der Waals surface area (Å²) in [6.45, 7) is 1.51. The van der Waals surface area contributed by atoms with E-state index in [2.05, 4.69) is 16.0 Å². The van der Waals surface area contributed by atoms with Crippen LogP contribution in [0.25, 0.3) is 11.0 Å². The highest BCUT2D eigenvalue weighted by Crippen LogP contribution is 2.30. The van der Waals surface area contributed by atoms with Gasteiger partial charge in [0.15, 0.2) is 0 Å². The van der Waals surface area contributed by atoms with Crippen molar-refractivity contribution in [2.24, 2.45) is 18.5 Å². The Morgan fingerprint density at radius 3 is 2.09 bits per heavy atom. The molecule has 19 heteroatoms. The third-order valence-corrected chi connectivity index (χ3v) is 13.3. The number of rotatable bonds is 18. The fourth-order valence-corrected chi connectivity index (χ4v) is 9.69. The minimum atomic E-state index is -1.10. The van der Waals surface area contributed by atoms with Gasteiger partial charge in [0.2, 0.25) is 41.4 Å². The van der Waals surface area contributed by atoms with E-state index in [0.29, 0.717) is 44.2 Å². The molecule has 3 fully saturated rings.